The van der Waals surface area contributed by atoms with Gasteiger partial charge in [-0.05, 0) is 43.2 Å². The van der Waals surface area contributed by atoms with Crippen LogP contribution in [0.25, 0.3) is 0 Å². The van der Waals surface area contributed by atoms with Gasteiger partial charge in [0.15, 0.2) is 0 Å². The van der Waals surface area contributed by atoms with Crippen molar-refractivity contribution < 1.29 is 9.59 Å². The topological polar surface area (TPSA) is 73.5 Å². The first-order valence-corrected chi connectivity index (χ1v) is 9.32. The fraction of sp³-hybridized carbons (Fsp3) is 0.579. The molecule has 1 aromatic rings. The highest BCUT2D eigenvalue weighted by atomic mass is 35.5. The van der Waals surface area contributed by atoms with Gasteiger partial charge in [-0.1, -0.05) is 24.3 Å². The minimum Gasteiger partial charge on any atom is -0.352 e. The third kappa shape index (κ3) is 4.30. The van der Waals surface area contributed by atoms with Crippen LogP contribution in [0.3, 0.4) is 0 Å². The van der Waals surface area contributed by atoms with Crippen LogP contribution in [0.2, 0.25) is 0 Å². The maximum Gasteiger partial charge on any atom is 0.318 e. The van der Waals surface area contributed by atoms with Gasteiger partial charge < -0.3 is 20.9 Å². The van der Waals surface area contributed by atoms with Gasteiger partial charge in [0.05, 0.1) is 6.54 Å². The molecule has 0 aromatic heterocycles. The summed E-state index contributed by atoms with van der Waals surface area (Å²) in [6.45, 7) is 1.36. The Morgan fingerprint density at radius 2 is 1.81 bits per heavy atom. The van der Waals surface area contributed by atoms with Crippen LogP contribution >= 0.6 is 12.4 Å². The highest BCUT2D eigenvalue weighted by molar-refractivity contribution is 5.85. The SMILES string of the molecule is Cl.O=C(CNC(=O)N1CCc2ccccc2C1)NC1CC2CCC(C1)N2. The van der Waals surface area contributed by atoms with Crippen LogP contribution in [0.4, 0.5) is 4.79 Å². The molecule has 3 N–H and O–H groups in total. The molecule has 0 aliphatic carbocycles. The molecule has 3 aliphatic rings. The van der Waals surface area contributed by atoms with Crippen LogP contribution in [-0.4, -0.2) is 48.1 Å². The number of nitrogens with zero attached hydrogens (tertiary/aromatic N) is 1. The number of piperidine rings is 1. The molecule has 0 saturated carbocycles. The summed E-state index contributed by atoms with van der Waals surface area (Å²) in [5.74, 6) is -0.0861. The third-order valence-electron chi connectivity index (χ3n) is 5.66. The summed E-state index contributed by atoms with van der Waals surface area (Å²) < 4.78 is 0. The molecule has 1 aromatic carbocycles. The van der Waals surface area contributed by atoms with E-state index in [0.29, 0.717) is 25.2 Å². The van der Waals surface area contributed by atoms with E-state index in [1.54, 1.807) is 4.90 Å². The molecule has 0 radical (unpaired) electrons. The van der Waals surface area contributed by atoms with Gasteiger partial charge in [-0.25, -0.2) is 4.79 Å². The number of hydrogen-bond donors (Lipinski definition) is 3. The Bertz CT molecular complexity index is 657. The Labute approximate surface area is 160 Å². The zero-order valence-corrected chi connectivity index (χ0v) is 15.7. The predicted molar refractivity (Wildman–Crippen MR) is 102 cm³/mol. The van der Waals surface area contributed by atoms with Crippen LogP contribution in [0.15, 0.2) is 24.3 Å². The zero-order chi connectivity index (χ0) is 17.2. The van der Waals surface area contributed by atoms with Gasteiger partial charge in [0.1, 0.15) is 0 Å². The number of nitrogens with one attached hydrogen (secondary N) is 3. The lowest BCUT2D eigenvalue weighted by Gasteiger charge is -2.30. The molecule has 3 amide bonds. The van der Waals surface area contributed by atoms with Gasteiger partial charge in [-0.3, -0.25) is 4.79 Å². The largest absolute Gasteiger partial charge is 0.352 e. The minimum atomic E-state index is -0.157. The first kappa shape index (κ1) is 19.0. The Hall–Kier alpha value is -1.79. The molecule has 4 rings (SSSR count). The molecule has 2 fully saturated rings. The lowest BCUT2D eigenvalue weighted by molar-refractivity contribution is -0.121. The van der Waals surface area contributed by atoms with E-state index in [1.165, 1.54) is 24.0 Å². The molecule has 0 spiro atoms. The number of carbonyl (C=O) groups excluding carboxylic acids is 2. The van der Waals surface area contributed by atoms with Crippen molar-refractivity contribution in [3.63, 3.8) is 0 Å². The number of hydrogen-bond acceptors (Lipinski definition) is 3. The Morgan fingerprint density at radius 1 is 1.12 bits per heavy atom. The summed E-state index contributed by atoms with van der Waals surface area (Å²) in [7, 11) is 0. The van der Waals surface area contributed by atoms with Crippen molar-refractivity contribution in [2.24, 2.45) is 0 Å². The van der Waals surface area contributed by atoms with Gasteiger partial charge in [0.25, 0.3) is 0 Å². The summed E-state index contributed by atoms with van der Waals surface area (Å²) in [6, 6.07) is 9.39. The molecular formula is C19H27ClN4O2. The van der Waals surface area contributed by atoms with E-state index in [-0.39, 0.29) is 36.9 Å². The highest BCUT2D eigenvalue weighted by Crippen LogP contribution is 2.26. The summed E-state index contributed by atoms with van der Waals surface area (Å²) in [6.07, 6.45) is 5.29. The van der Waals surface area contributed by atoms with Crippen LogP contribution < -0.4 is 16.0 Å². The Balaban J connectivity index is 0.00000196. The van der Waals surface area contributed by atoms with Crippen molar-refractivity contribution in [3.8, 4) is 0 Å². The molecule has 142 valence electrons. The van der Waals surface area contributed by atoms with Crippen LogP contribution in [-0.2, 0) is 17.8 Å². The Kier molecular flexibility index (Phi) is 6.04. The summed E-state index contributed by atoms with van der Waals surface area (Å²) in [5.41, 5.74) is 2.50. The van der Waals surface area contributed by atoms with E-state index in [2.05, 4.69) is 28.1 Å². The van der Waals surface area contributed by atoms with Crippen molar-refractivity contribution in [2.45, 2.75) is 56.8 Å². The second-order valence-corrected chi connectivity index (χ2v) is 7.47. The zero-order valence-electron chi connectivity index (χ0n) is 14.9. The van der Waals surface area contributed by atoms with Crippen molar-refractivity contribution in [1.29, 1.82) is 0 Å². The summed E-state index contributed by atoms with van der Waals surface area (Å²) in [4.78, 5) is 26.3. The number of rotatable bonds is 3. The standard InChI is InChI=1S/C19H26N4O2.ClH/c24-18(22-17-9-15-5-6-16(10-17)21-15)11-20-19(25)23-8-7-13-3-1-2-4-14(13)12-23;/h1-4,15-17,21H,5-12H2,(H,20,25)(H,22,24);1H. The monoisotopic (exact) mass is 378 g/mol. The van der Waals surface area contributed by atoms with Crippen molar-refractivity contribution >= 4 is 24.3 Å². The molecular weight excluding hydrogens is 352 g/mol. The van der Waals surface area contributed by atoms with Gasteiger partial charge in [-0.2, -0.15) is 0 Å². The number of halogens is 1. The molecule has 7 heteroatoms. The smallest absolute Gasteiger partial charge is 0.318 e. The number of amides is 3. The first-order chi connectivity index (χ1) is 12.2. The van der Waals surface area contributed by atoms with E-state index in [4.69, 9.17) is 0 Å². The molecule has 2 saturated heterocycles. The van der Waals surface area contributed by atoms with Gasteiger partial charge in [0, 0.05) is 31.2 Å². The van der Waals surface area contributed by atoms with Crippen LogP contribution in [0.5, 0.6) is 0 Å². The fourth-order valence-electron chi connectivity index (χ4n) is 4.39. The molecule has 26 heavy (non-hydrogen) atoms. The van der Waals surface area contributed by atoms with Crippen molar-refractivity contribution in [3.05, 3.63) is 35.4 Å². The predicted octanol–water partition coefficient (Wildman–Crippen LogP) is 1.58. The van der Waals surface area contributed by atoms with Crippen molar-refractivity contribution in [1.82, 2.24) is 20.9 Å². The summed E-state index contributed by atoms with van der Waals surface area (Å²) >= 11 is 0. The maximum absolute atomic E-state index is 12.3. The fourth-order valence-corrected chi connectivity index (χ4v) is 4.39. The molecule has 3 aliphatic heterocycles. The number of fused-ring (bicyclic) bond motifs is 3. The van der Waals surface area contributed by atoms with E-state index in [1.807, 2.05) is 12.1 Å². The molecule has 3 heterocycles. The summed E-state index contributed by atoms with van der Waals surface area (Å²) in [5, 5.41) is 9.42. The molecule has 2 unspecified atom stereocenters. The van der Waals surface area contributed by atoms with E-state index in [0.717, 1.165) is 19.3 Å². The van der Waals surface area contributed by atoms with Gasteiger partial charge in [-0.15, -0.1) is 12.4 Å². The maximum atomic E-state index is 12.3. The molecule has 2 bridgehead atoms. The molecule has 2 atom stereocenters. The lowest BCUT2D eigenvalue weighted by Crippen LogP contribution is -2.51. The van der Waals surface area contributed by atoms with Gasteiger partial charge in [0.2, 0.25) is 5.91 Å². The van der Waals surface area contributed by atoms with Gasteiger partial charge >= 0.3 is 6.03 Å². The number of carbonyl (C=O) groups is 2. The first-order valence-electron chi connectivity index (χ1n) is 9.32. The van der Waals surface area contributed by atoms with Crippen molar-refractivity contribution in [2.75, 3.05) is 13.1 Å². The highest BCUT2D eigenvalue weighted by Gasteiger charge is 2.34. The average molecular weight is 379 g/mol. The number of benzene rings is 1. The lowest BCUT2D eigenvalue weighted by atomic mass is 10.00. The third-order valence-corrected chi connectivity index (χ3v) is 5.66. The van der Waals surface area contributed by atoms with Crippen LogP contribution in [0.1, 0.15) is 36.8 Å². The van der Waals surface area contributed by atoms with E-state index in [9.17, 15) is 9.59 Å². The Morgan fingerprint density at radius 3 is 2.54 bits per heavy atom. The van der Waals surface area contributed by atoms with E-state index >= 15 is 0 Å². The van der Waals surface area contributed by atoms with Crippen LogP contribution in [0, 0.1) is 0 Å². The number of urea groups is 1. The normalized spacial score (nSPS) is 26.5. The van der Waals surface area contributed by atoms with E-state index < -0.39 is 0 Å². The minimum absolute atomic E-state index is 0. The second kappa shape index (κ2) is 8.27. The molecule has 6 nitrogen and oxygen atoms in total. The average Bonchev–Trinajstić information content (AvgIpc) is 2.97. The second-order valence-electron chi connectivity index (χ2n) is 7.47. The quantitative estimate of drug-likeness (QED) is 0.747.